The molecule has 0 aliphatic rings. The second kappa shape index (κ2) is 11.1. The number of hydrogen-bond donors (Lipinski definition) is 1. The number of carbonyl (C=O) groups excluding carboxylic acids is 1. The third-order valence-electron chi connectivity index (χ3n) is 4.85. The number of rotatable bonds is 11. The summed E-state index contributed by atoms with van der Waals surface area (Å²) in [4.78, 5) is 26.9. The summed E-state index contributed by atoms with van der Waals surface area (Å²) in [6.45, 7) is 8.34. The second-order valence-corrected chi connectivity index (χ2v) is 6.91. The fraction of sp³-hybridized carbons (Fsp3) is 0.364. The molecule has 9 nitrogen and oxygen atoms in total. The molecule has 1 amide bonds. The van der Waals surface area contributed by atoms with E-state index in [0.717, 1.165) is 26.2 Å². The van der Waals surface area contributed by atoms with Crippen molar-refractivity contribution in [1.29, 1.82) is 0 Å². The zero-order valence-electron chi connectivity index (χ0n) is 17.9. The van der Waals surface area contributed by atoms with Gasteiger partial charge in [-0.3, -0.25) is 14.3 Å². The number of nitrogens with zero attached hydrogens (tertiary/aromatic N) is 5. The Morgan fingerprint density at radius 3 is 2.61 bits per heavy atom. The number of amides is 1. The molecule has 0 unspecified atom stereocenters. The number of aromatic nitrogens is 4. The van der Waals surface area contributed by atoms with Crippen LogP contribution in [0.25, 0.3) is 0 Å². The maximum absolute atomic E-state index is 12.6. The summed E-state index contributed by atoms with van der Waals surface area (Å²) < 4.78 is 8.63. The summed E-state index contributed by atoms with van der Waals surface area (Å²) in [6, 6.07) is 12.1. The molecule has 0 bridgehead atoms. The van der Waals surface area contributed by atoms with E-state index in [2.05, 4.69) is 34.3 Å². The average Bonchev–Trinajstić information content (AvgIpc) is 3.23. The summed E-state index contributed by atoms with van der Waals surface area (Å²) in [5.41, 5.74) is 0.434. The fourth-order valence-corrected chi connectivity index (χ4v) is 3.03. The van der Waals surface area contributed by atoms with Gasteiger partial charge in [-0.2, -0.15) is 10.2 Å². The summed E-state index contributed by atoms with van der Waals surface area (Å²) >= 11 is 0. The molecule has 3 rings (SSSR count). The van der Waals surface area contributed by atoms with Crippen molar-refractivity contribution in [3.63, 3.8) is 0 Å². The molecule has 0 saturated heterocycles. The van der Waals surface area contributed by atoms with E-state index in [0.29, 0.717) is 11.4 Å². The van der Waals surface area contributed by atoms with Crippen LogP contribution in [0.1, 0.15) is 24.3 Å². The van der Waals surface area contributed by atoms with Crippen LogP contribution in [0, 0.1) is 0 Å². The smallest absolute Gasteiger partial charge is 0.276 e. The van der Waals surface area contributed by atoms with Gasteiger partial charge in [-0.15, -0.1) is 0 Å². The maximum atomic E-state index is 12.6. The summed E-state index contributed by atoms with van der Waals surface area (Å²) in [6.07, 6.45) is 3.38. The van der Waals surface area contributed by atoms with Crippen molar-refractivity contribution in [3.8, 4) is 5.75 Å². The van der Waals surface area contributed by atoms with E-state index in [9.17, 15) is 9.59 Å². The summed E-state index contributed by atoms with van der Waals surface area (Å²) in [7, 11) is 0. The highest BCUT2D eigenvalue weighted by Crippen LogP contribution is 2.09. The van der Waals surface area contributed by atoms with E-state index in [1.54, 1.807) is 17.1 Å². The molecule has 3 aromatic rings. The Bertz CT molecular complexity index is 1030. The normalized spacial score (nSPS) is 10.9. The molecule has 1 N–H and O–H groups in total. The minimum Gasteiger partial charge on any atom is -0.492 e. The third kappa shape index (κ3) is 6.51. The van der Waals surface area contributed by atoms with Gasteiger partial charge in [0.25, 0.3) is 11.5 Å². The summed E-state index contributed by atoms with van der Waals surface area (Å²) in [5, 5.41) is 11.2. The van der Waals surface area contributed by atoms with Crippen LogP contribution in [-0.2, 0) is 13.1 Å². The van der Waals surface area contributed by atoms with Gasteiger partial charge >= 0.3 is 0 Å². The molecule has 1 aromatic carbocycles. The van der Waals surface area contributed by atoms with E-state index in [1.807, 2.05) is 30.3 Å². The topological polar surface area (TPSA) is 94.3 Å². The molecule has 0 spiro atoms. The molecule has 0 radical (unpaired) electrons. The highest BCUT2D eigenvalue weighted by atomic mass is 16.5. The number of para-hydroxylation sites is 1. The first-order valence-corrected chi connectivity index (χ1v) is 10.4. The number of hydrogen-bond acceptors (Lipinski definition) is 6. The van der Waals surface area contributed by atoms with Gasteiger partial charge in [0.1, 0.15) is 18.1 Å². The molecule has 164 valence electrons. The first-order valence-electron chi connectivity index (χ1n) is 10.4. The number of ether oxygens (including phenoxy) is 1. The van der Waals surface area contributed by atoms with E-state index in [-0.39, 0.29) is 24.4 Å². The number of benzene rings is 1. The molecular weight excluding hydrogens is 396 g/mol. The molecule has 31 heavy (non-hydrogen) atoms. The van der Waals surface area contributed by atoms with Crippen molar-refractivity contribution in [2.24, 2.45) is 0 Å². The van der Waals surface area contributed by atoms with Crippen LogP contribution >= 0.6 is 0 Å². The Kier molecular flexibility index (Phi) is 7.94. The van der Waals surface area contributed by atoms with Gasteiger partial charge in [-0.25, -0.2) is 4.68 Å². The van der Waals surface area contributed by atoms with E-state index >= 15 is 0 Å². The number of anilines is 1. The quantitative estimate of drug-likeness (QED) is 0.507. The molecule has 0 aliphatic heterocycles. The predicted octanol–water partition coefficient (Wildman–Crippen LogP) is 2.11. The van der Waals surface area contributed by atoms with Crippen LogP contribution in [-0.4, -0.2) is 56.6 Å². The van der Waals surface area contributed by atoms with Crippen LogP contribution in [0.4, 0.5) is 5.69 Å². The molecule has 2 aromatic heterocycles. The van der Waals surface area contributed by atoms with E-state index < -0.39 is 5.91 Å². The van der Waals surface area contributed by atoms with Gasteiger partial charge < -0.3 is 15.0 Å². The second-order valence-electron chi connectivity index (χ2n) is 6.91. The summed E-state index contributed by atoms with van der Waals surface area (Å²) in [5.74, 6) is 0.309. The largest absolute Gasteiger partial charge is 0.492 e. The Balaban J connectivity index is 1.57. The molecule has 0 fully saturated rings. The van der Waals surface area contributed by atoms with Gasteiger partial charge in [-0.1, -0.05) is 32.0 Å². The van der Waals surface area contributed by atoms with Crippen LogP contribution < -0.4 is 15.6 Å². The number of nitrogens with one attached hydrogen (secondary N) is 1. The lowest BCUT2D eigenvalue weighted by molar-refractivity contribution is 0.101. The first-order chi connectivity index (χ1) is 15.1. The fourth-order valence-electron chi connectivity index (χ4n) is 3.03. The average molecular weight is 425 g/mol. The zero-order valence-corrected chi connectivity index (χ0v) is 17.9. The molecule has 0 saturated carbocycles. The van der Waals surface area contributed by atoms with Gasteiger partial charge in [0.05, 0.1) is 25.0 Å². The predicted molar refractivity (Wildman–Crippen MR) is 118 cm³/mol. The lowest BCUT2D eigenvalue weighted by Crippen LogP contribution is -2.28. The highest BCUT2D eigenvalue weighted by molar-refractivity contribution is 6.02. The van der Waals surface area contributed by atoms with E-state index in [1.165, 1.54) is 16.8 Å². The minimum absolute atomic E-state index is 0.148. The molecule has 0 atom stereocenters. The molecule has 0 aliphatic carbocycles. The number of likely N-dealkylation sites (N-methyl/N-ethyl adjacent to an activating group) is 1. The third-order valence-corrected chi connectivity index (χ3v) is 4.85. The standard InChI is InChI=1S/C22H28N6O3/c1-3-26(4-2)12-13-27-17-18(16-23-27)24-22(30)20-10-11-21(29)28(25-20)14-15-31-19-8-6-5-7-9-19/h5-11,16-17H,3-4,12-15H2,1-2H3,(H,24,30). The zero-order chi connectivity index (χ0) is 22.1. The van der Waals surface area contributed by atoms with Gasteiger partial charge in [0, 0.05) is 18.8 Å². The molecular formula is C22H28N6O3. The molecule has 2 heterocycles. The monoisotopic (exact) mass is 424 g/mol. The van der Waals surface area contributed by atoms with Gasteiger partial charge in [-0.05, 0) is 31.3 Å². The van der Waals surface area contributed by atoms with Crippen LogP contribution in [0.5, 0.6) is 5.75 Å². The van der Waals surface area contributed by atoms with Gasteiger partial charge in [0.15, 0.2) is 0 Å². The Hall–Kier alpha value is -3.46. The Labute approximate surface area is 181 Å². The van der Waals surface area contributed by atoms with Gasteiger partial charge in [0.2, 0.25) is 0 Å². The Morgan fingerprint density at radius 2 is 1.87 bits per heavy atom. The van der Waals surface area contributed by atoms with Crippen LogP contribution in [0.2, 0.25) is 0 Å². The van der Waals surface area contributed by atoms with Crippen molar-refractivity contribution in [1.82, 2.24) is 24.5 Å². The number of carbonyl (C=O) groups is 1. The van der Waals surface area contributed by atoms with E-state index in [4.69, 9.17) is 4.74 Å². The van der Waals surface area contributed by atoms with Crippen molar-refractivity contribution in [2.75, 3.05) is 31.6 Å². The highest BCUT2D eigenvalue weighted by Gasteiger charge is 2.12. The lowest BCUT2D eigenvalue weighted by atomic mass is 10.3. The van der Waals surface area contributed by atoms with Crippen molar-refractivity contribution in [3.05, 3.63) is 70.9 Å². The first kappa shape index (κ1) is 22.2. The van der Waals surface area contributed by atoms with Crippen LogP contribution in [0.3, 0.4) is 0 Å². The van der Waals surface area contributed by atoms with Crippen molar-refractivity contribution in [2.45, 2.75) is 26.9 Å². The SMILES string of the molecule is CCN(CC)CCn1cc(NC(=O)c2ccc(=O)n(CCOc3ccccc3)n2)cn1. The maximum Gasteiger partial charge on any atom is 0.276 e. The minimum atomic E-state index is -0.402. The lowest BCUT2D eigenvalue weighted by Gasteiger charge is -2.17. The van der Waals surface area contributed by atoms with Crippen LogP contribution in [0.15, 0.2) is 59.7 Å². The van der Waals surface area contributed by atoms with Crippen molar-refractivity contribution < 1.29 is 9.53 Å². The Morgan fingerprint density at radius 1 is 1.10 bits per heavy atom. The van der Waals surface area contributed by atoms with Crippen molar-refractivity contribution >= 4 is 11.6 Å². The molecule has 9 heteroatoms.